The largest absolute Gasteiger partial charge is 0.370 e. The van der Waals surface area contributed by atoms with E-state index in [0.717, 1.165) is 0 Å². The molecule has 10 heavy (non-hydrogen) atoms. The summed E-state index contributed by atoms with van der Waals surface area (Å²) in [5.74, 6) is 0.789. The van der Waals surface area contributed by atoms with Crippen LogP contribution in [-0.4, -0.2) is 18.5 Å². The summed E-state index contributed by atoms with van der Waals surface area (Å²) in [5.41, 5.74) is -0.487. The number of carbonyl (C=O) groups is 1. The van der Waals surface area contributed by atoms with Gasteiger partial charge in [0.15, 0.2) is 5.78 Å². The van der Waals surface area contributed by atoms with Gasteiger partial charge in [-0.05, 0) is 6.92 Å². The zero-order valence-corrected chi connectivity index (χ0v) is 6.97. The number of carbonyl (C=O) groups excluding carboxylic acids is 1. The normalized spacial score (nSPS) is 47.0. The van der Waals surface area contributed by atoms with Crippen molar-refractivity contribution in [1.29, 1.82) is 0 Å². The van der Waals surface area contributed by atoms with Gasteiger partial charge in [0.2, 0.25) is 0 Å². The van der Waals surface area contributed by atoms with E-state index in [1.54, 1.807) is 7.11 Å². The summed E-state index contributed by atoms with van der Waals surface area (Å²) in [7, 11) is 1.60. The SMILES string of the molecule is CO[C@@]1(C)C(=O)[C@@H](C)[C@@H]1C. The van der Waals surface area contributed by atoms with Gasteiger partial charge in [-0.3, -0.25) is 4.79 Å². The lowest BCUT2D eigenvalue weighted by molar-refractivity contribution is -0.175. The van der Waals surface area contributed by atoms with Crippen molar-refractivity contribution >= 4 is 5.78 Å². The molecule has 1 aliphatic rings. The first-order valence-corrected chi connectivity index (χ1v) is 3.63. The van der Waals surface area contributed by atoms with Crippen LogP contribution >= 0.6 is 0 Å². The second kappa shape index (κ2) is 2.06. The minimum atomic E-state index is -0.487. The maximum Gasteiger partial charge on any atom is 0.167 e. The minimum Gasteiger partial charge on any atom is -0.370 e. The Bertz CT molecular complexity index is 165. The summed E-state index contributed by atoms with van der Waals surface area (Å²) in [4.78, 5) is 11.2. The Morgan fingerprint density at radius 2 is 2.00 bits per heavy atom. The average molecular weight is 142 g/mol. The lowest BCUT2D eigenvalue weighted by Gasteiger charge is -2.47. The van der Waals surface area contributed by atoms with E-state index in [0.29, 0.717) is 5.92 Å². The number of ether oxygens (including phenoxy) is 1. The number of methoxy groups -OCH3 is 1. The Morgan fingerprint density at radius 1 is 1.50 bits per heavy atom. The Morgan fingerprint density at radius 3 is 2.20 bits per heavy atom. The summed E-state index contributed by atoms with van der Waals surface area (Å²) in [6.07, 6.45) is 0. The molecule has 0 aromatic rings. The van der Waals surface area contributed by atoms with Crippen molar-refractivity contribution < 1.29 is 9.53 Å². The number of hydrogen-bond acceptors (Lipinski definition) is 2. The molecule has 0 saturated heterocycles. The second-order valence-corrected chi connectivity index (χ2v) is 3.25. The average Bonchev–Trinajstić information content (AvgIpc) is 2.00. The summed E-state index contributed by atoms with van der Waals surface area (Å²) >= 11 is 0. The molecule has 0 aliphatic heterocycles. The molecule has 58 valence electrons. The van der Waals surface area contributed by atoms with Gasteiger partial charge in [0.25, 0.3) is 0 Å². The smallest absolute Gasteiger partial charge is 0.167 e. The van der Waals surface area contributed by atoms with E-state index in [1.807, 2.05) is 13.8 Å². The third-order valence-corrected chi connectivity index (χ3v) is 2.95. The molecule has 1 aliphatic carbocycles. The van der Waals surface area contributed by atoms with Crippen molar-refractivity contribution in [2.45, 2.75) is 26.4 Å². The Hall–Kier alpha value is -0.370. The fourth-order valence-electron chi connectivity index (χ4n) is 1.57. The van der Waals surface area contributed by atoms with Crippen LogP contribution in [-0.2, 0) is 9.53 Å². The molecular weight excluding hydrogens is 128 g/mol. The molecular formula is C8H14O2. The van der Waals surface area contributed by atoms with Crippen molar-refractivity contribution in [1.82, 2.24) is 0 Å². The first-order chi connectivity index (χ1) is 4.54. The Balaban J connectivity index is 2.74. The third kappa shape index (κ3) is 0.655. The zero-order valence-electron chi connectivity index (χ0n) is 6.97. The van der Waals surface area contributed by atoms with Crippen molar-refractivity contribution in [3.63, 3.8) is 0 Å². The highest BCUT2D eigenvalue weighted by Gasteiger charge is 2.54. The number of Topliss-reactive ketones (excluding diaryl/α,β-unsaturated/α-hetero) is 1. The molecule has 0 radical (unpaired) electrons. The van der Waals surface area contributed by atoms with Gasteiger partial charge < -0.3 is 4.74 Å². The van der Waals surface area contributed by atoms with Gasteiger partial charge in [0.1, 0.15) is 5.60 Å². The van der Waals surface area contributed by atoms with Gasteiger partial charge in [0, 0.05) is 18.9 Å². The van der Waals surface area contributed by atoms with E-state index < -0.39 is 5.60 Å². The van der Waals surface area contributed by atoms with Gasteiger partial charge in [-0.1, -0.05) is 13.8 Å². The zero-order chi connectivity index (χ0) is 7.94. The molecule has 2 nitrogen and oxygen atoms in total. The van der Waals surface area contributed by atoms with Crippen LogP contribution in [0, 0.1) is 11.8 Å². The molecule has 0 aromatic heterocycles. The summed E-state index contributed by atoms with van der Waals surface area (Å²) in [6, 6.07) is 0. The molecule has 1 rings (SSSR count). The Kier molecular flexibility index (Phi) is 1.59. The molecule has 1 fully saturated rings. The summed E-state index contributed by atoms with van der Waals surface area (Å²) in [6.45, 7) is 5.86. The molecule has 0 heterocycles. The lowest BCUT2D eigenvalue weighted by Crippen LogP contribution is -2.60. The van der Waals surface area contributed by atoms with E-state index in [1.165, 1.54) is 0 Å². The van der Waals surface area contributed by atoms with E-state index in [-0.39, 0.29) is 11.7 Å². The van der Waals surface area contributed by atoms with E-state index >= 15 is 0 Å². The van der Waals surface area contributed by atoms with E-state index in [2.05, 4.69) is 6.92 Å². The minimum absolute atomic E-state index is 0.185. The van der Waals surface area contributed by atoms with Gasteiger partial charge >= 0.3 is 0 Å². The van der Waals surface area contributed by atoms with Gasteiger partial charge in [-0.25, -0.2) is 0 Å². The molecule has 0 N–H and O–H groups in total. The first-order valence-electron chi connectivity index (χ1n) is 3.63. The second-order valence-electron chi connectivity index (χ2n) is 3.25. The van der Waals surface area contributed by atoms with Crippen LogP contribution < -0.4 is 0 Å². The van der Waals surface area contributed by atoms with Gasteiger partial charge in [0.05, 0.1) is 0 Å². The molecule has 0 aromatic carbocycles. The lowest BCUT2D eigenvalue weighted by atomic mass is 9.62. The van der Waals surface area contributed by atoms with Crippen molar-refractivity contribution in [2.75, 3.05) is 7.11 Å². The predicted octanol–water partition coefficient (Wildman–Crippen LogP) is 1.25. The predicted molar refractivity (Wildman–Crippen MR) is 38.7 cm³/mol. The first kappa shape index (κ1) is 7.73. The van der Waals surface area contributed by atoms with Crippen LogP contribution in [0.1, 0.15) is 20.8 Å². The fourth-order valence-corrected chi connectivity index (χ4v) is 1.57. The highest BCUT2D eigenvalue weighted by atomic mass is 16.5. The maximum absolute atomic E-state index is 11.2. The van der Waals surface area contributed by atoms with Crippen LogP contribution in [0.3, 0.4) is 0 Å². The van der Waals surface area contributed by atoms with Crippen LogP contribution in [0.25, 0.3) is 0 Å². The van der Waals surface area contributed by atoms with E-state index in [9.17, 15) is 4.79 Å². The summed E-state index contributed by atoms with van der Waals surface area (Å²) < 4.78 is 5.12. The van der Waals surface area contributed by atoms with E-state index in [4.69, 9.17) is 4.74 Å². The van der Waals surface area contributed by atoms with Crippen LogP contribution in [0.4, 0.5) is 0 Å². The highest BCUT2D eigenvalue weighted by molar-refractivity contribution is 5.95. The van der Waals surface area contributed by atoms with Crippen LogP contribution in [0.15, 0.2) is 0 Å². The van der Waals surface area contributed by atoms with Crippen LogP contribution in [0.2, 0.25) is 0 Å². The quantitative estimate of drug-likeness (QED) is 0.550. The molecule has 3 atom stereocenters. The maximum atomic E-state index is 11.2. The molecule has 2 heteroatoms. The number of hydrogen-bond donors (Lipinski definition) is 0. The molecule has 1 saturated carbocycles. The van der Waals surface area contributed by atoms with Crippen molar-refractivity contribution in [2.24, 2.45) is 11.8 Å². The van der Waals surface area contributed by atoms with Crippen LogP contribution in [0.5, 0.6) is 0 Å². The Labute approximate surface area is 61.6 Å². The monoisotopic (exact) mass is 142 g/mol. The fraction of sp³-hybridized carbons (Fsp3) is 0.875. The number of ketones is 1. The molecule has 0 spiro atoms. The van der Waals surface area contributed by atoms with Crippen molar-refractivity contribution in [3.8, 4) is 0 Å². The molecule has 0 amide bonds. The number of rotatable bonds is 1. The topological polar surface area (TPSA) is 26.3 Å². The third-order valence-electron chi connectivity index (χ3n) is 2.95. The molecule has 0 unspecified atom stereocenters. The highest BCUT2D eigenvalue weighted by Crippen LogP contribution is 2.41. The van der Waals surface area contributed by atoms with Crippen molar-refractivity contribution in [3.05, 3.63) is 0 Å². The summed E-state index contributed by atoms with van der Waals surface area (Å²) in [5, 5.41) is 0. The van der Waals surface area contributed by atoms with Gasteiger partial charge in [-0.15, -0.1) is 0 Å². The standard InChI is InChI=1S/C8H14O2/c1-5-6(2)8(3,10-4)7(5)9/h5-6H,1-4H3/t5-,6-,8+/m0/s1. The van der Waals surface area contributed by atoms with Gasteiger partial charge in [-0.2, -0.15) is 0 Å². The molecule has 0 bridgehead atoms.